The van der Waals surface area contributed by atoms with Gasteiger partial charge in [-0.1, -0.05) is 42.1 Å². The first kappa shape index (κ1) is 23.0. The van der Waals surface area contributed by atoms with E-state index in [9.17, 15) is 9.59 Å². The molecule has 1 amide bonds. The highest BCUT2D eigenvalue weighted by Crippen LogP contribution is 2.33. The van der Waals surface area contributed by atoms with E-state index in [1.165, 1.54) is 11.8 Å². The molecule has 35 heavy (non-hydrogen) atoms. The summed E-state index contributed by atoms with van der Waals surface area (Å²) in [6, 6.07) is 15.1. The van der Waals surface area contributed by atoms with Gasteiger partial charge in [-0.2, -0.15) is 0 Å². The maximum absolute atomic E-state index is 13.5. The van der Waals surface area contributed by atoms with E-state index in [4.69, 9.17) is 14.5 Å². The third-order valence-electron chi connectivity index (χ3n) is 5.75. The summed E-state index contributed by atoms with van der Waals surface area (Å²) in [6.07, 6.45) is 1.93. The Morgan fingerprint density at radius 2 is 1.86 bits per heavy atom. The fourth-order valence-corrected chi connectivity index (χ4v) is 5.09. The molecule has 1 N–H and O–H groups in total. The van der Waals surface area contributed by atoms with E-state index in [-0.39, 0.29) is 23.3 Å². The Balaban J connectivity index is 1.43. The molecule has 0 radical (unpaired) electrons. The van der Waals surface area contributed by atoms with Gasteiger partial charge in [-0.25, -0.2) is 4.98 Å². The molecule has 0 saturated carbocycles. The number of rotatable bonds is 6. The molecule has 4 aromatic rings. The molecule has 0 aliphatic carbocycles. The molecule has 8 nitrogen and oxygen atoms in total. The number of amides is 1. The summed E-state index contributed by atoms with van der Waals surface area (Å²) in [4.78, 5) is 31.1. The first-order valence-corrected chi connectivity index (χ1v) is 12.4. The first-order chi connectivity index (χ1) is 16.9. The monoisotopic (exact) mass is 490 g/mol. The third kappa shape index (κ3) is 4.51. The lowest BCUT2D eigenvalue weighted by molar-refractivity contribution is -0.113. The number of nitrogens with zero attached hydrogens (tertiary/aromatic N) is 3. The molecular formula is C26H26N4O4S. The summed E-state index contributed by atoms with van der Waals surface area (Å²) >= 11 is 1.25. The van der Waals surface area contributed by atoms with Gasteiger partial charge >= 0.3 is 0 Å². The molecular weight excluding hydrogens is 464 g/mol. The molecule has 2 aromatic heterocycles. The van der Waals surface area contributed by atoms with E-state index in [1.807, 2.05) is 62.0 Å². The number of fused-ring (bicyclic) bond motifs is 2. The summed E-state index contributed by atoms with van der Waals surface area (Å²) in [7, 11) is 1.86. The fraction of sp³-hybridized carbons (Fsp3) is 0.269. The predicted molar refractivity (Wildman–Crippen MR) is 138 cm³/mol. The number of benzene rings is 2. The number of carbonyl (C=O) groups is 1. The van der Waals surface area contributed by atoms with Gasteiger partial charge in [-0.05, 0) is 31.5 Å². The molecule has 0 unspecified atom stereocenters. The van der Waals surface area contributed by atoms with Crippen LogP contribution in [0.2, 0.25) is 0 Å². The van der Waals surface area contributed by atoms with Crippen molar-refractivity contribution in [1.82, 2.24) is 14.1 Å². The lowest BCUT2D eigenvalue weighted by Gasteiger charge is -2.19. The van der Waals surface area contributed by atoms with Gasteiger partial charge in [-0.3, -0.25) is 14.2 Å². The van der Waals surface area contributed by atoms with Gasteiger partial charge in [0.25, 0.3) is 5.56 Å². The van der Waals surface area contributed by atoms with Crippen LogP contribution < -0.4 is 20.3 Å². The summed E-state index contributed by atoms with van der Waals surface area (Å²) in [5, 5.41) is 3.40. The van der Waals surface area contributed by atoms with Crippen LogP contribution in [0.25, 0.3) is 22.2 Å². The van der Waals surface area contributed by atoms with Crippen LogP contribution in [0.1, 0.15) is 19.9 Å². The fourth-order valence-electron chi connectivity index (χ4n) is 4.16. The molecule has 180 valence electrons. The second-order valence-electron chi connectivity index (χ2n) is 8.58. The first-order valence-electron chi connectivity index (χ1n) is 11.4. The highest BCUT2D eigenvalue weighted by atomic mass is 32.2. The Hall–Kier alpha value is -3.72. The van der Waals surface area contributed by atoms with E-state index in [0.717, 1.165) is 11.1 Å². The van der Waals surface area contributed by atoms with Gasteiger partial charge in [0.15, 0.2) is 16.7 Å². The number of aromatic nitrogens is 3. The van der Waals surface area contributed by atoms with Crippen LogP contribution in [-0.4, -0.2) is 39.0 Å². The van der Waals surface area contributed by atoms with Crippen molar-refractivity contribution in [2.24, 2.45) is 7.05 Å². The minimum Gasteiger partial charge on any atom is -0.486 e. The van der Waals surface area contributed by atoms with Gasteiger partial charge in [0.2, 0.25) is 5.91 Å². The van der Waals surface area contributed by atoms with Crippen molar-refractivity contribution in [3.8, 4) is 22.6 Å². The van der Waals surface area contributed by atoms with Gasteiger partial charge < -0.3 is 19.4 Å². The topological polar surface area (TPSA) is 87.4 Å². The van der Waals surface area contributed by atoms with Gasteiger partial charge in [-0.15, -0.1) is 0 Å². The molecule has 5 rings (SSSR count). The van der Waals surface area contributed by atoms with Gasteiger partial charge in [0.05, 0.1) is 5.75 Å². The third-order valence-corrected chi connectivity index (χ3v) is 6.70. The molecule has 0 atom stereocenters. The summed E-state index contributed by atoms with van der Waals surface area (Å²) < 4.78 is 14.6. The Morgan fingerprint density at radius 1 is 1.11 bits per heavy atom. The second kappa shape index (κ2) is 9.50. The molecule has 1 aliphatic rings. The molecule has 2 aromatic carbocycles. The van der Waals surface area contributed by atoms with Crippen molar-refractivity contribution in [3.63, 3.8) is 0 Å². The van der Waals surface area contributed by atoms with Crippen LogP contribution in [0.15, 0.2) is 64.7 Å². The average molecular weight is 491 g/mol. The minimum absolute atomic E-state index is 0.104. The molecule has 0 spiro atoms. The summed E-state index contributed by atoms with van der Waals surface area (Å²) in [5.74, 6) is 1.18. The van der Waals surface area contributed by atoms with Crippen LogP contribution in [0, 0.1) is 0 Å². The highest BCUT2D eigenvalue weighted by Gasteiger charge is 2.21. The molecule has 9 heteroatoms. The molecule has 0 fully saturated rings. The van der Waals surface area contributed by atoms with E-state index in [2.05, 4.69) is 5.32 Å². The van der Waals surface area contributed by atoms with Crippen molar-refractivity contribution in [3.05, 3.63) is 65.1 Å². The van der Waals surface area contributed by atoms with Crippen molar-refractivity contribution < 1.29 is 14.3 Å². The predicted octanol–water partition coefficient (Wildman–Crippen LogP) is 4.48. The summed E-state index contributed by atoms with van der Waals surface area (Å²) in [6.45, 7) is 4.87. The van der Waals surface area contributed by atoms with Crippen molar-refractivity contribution >= 4 is 34.4 Å². The lowest BCUT2D eigenvalue weighted by atomic mass is 10.1. The van der Waals surface area contributed by atoms with Gasteiger partial charge in [0, 0.05) is 36.6 Å². The largest absolute Gasteiger partial charge is 0.486 e. The van der Waals surface area contributed by atoms with Crippen LogP contribution in [0.3, 0.4) is 0 Å². The Bertz CT molecular complexity index is 1460. The molecule has 1 aliphatic heterocycles. The van der Waals surface area contributed by atoms with Crippen molar-refractivity contribution in [1.29, 1.82) is 0 Å². The number of nitrogens with one attached hydrogen (secondary N) is 1. The highest BCUT2D eigenvalue weighted by molar-refractivity contribution is 7.99. The number of aryl methyl sites for hydroxylation is 1. The lowest BCUT2D eigenvalue weighted by Crippen LogP contribution is -2.26. The Kier molecular flexibility index (Phi) is 6.25. The van der Waals surface area contributed by atoms with E-state index < -0.39 is 0 Å². The molecule has 0 bridgehead atoms. The average Bonchev–Trinajstić information content (AvgIpc) is 3.19. The number of ether oxygens (including phenoxy) is 2. The van der Waals surface area contributed by atoms with Crippen LogP contribution in [0.5, 0.6) is 11.5 Å². The van der Waals surface area contributed by atoms with Crippen molar-refractivity contribution in [2.75, 3.05) is 24.3 Å². The SMILES string of the molecule is CC(C)n1c(SCC(=O)Nc2ccc3c(c2)OCCO3)nc2c(-c3ccccc3)cn(C)c2c1=O. The zero-order chi connectivity index (χ0) is 24.5. The van der Waals surface area contributed by atoms with E-state index in [1.54, 1.807) is 22.8 Å². The zero-order valence-electron chi connectivity index (χ0n) is 19.8. The second-order valence-corrected chi connectivity index (χ2v) is 9.52. The van der Waals surface area contributed by atoms with E-state index >= 15 is 0 Å². The smallest absolute Gasteiger partial charge is 0.278 e. The normalized spacial score (nSPS) is 12.8. The zero-order valence-corrected chi connectivity index (χ0v) is 20.6. The Labute approximate surface area is 206 Å². The molecule has 3 heterocycles. The van der Waals surface area contributed by atoms with E-state index in [0.29, 0.717) is 46.6 Å². The maximum Gasteiger partial charge on any atom is 0.278 e. The molecule has 0 saturated heterocycles. The van der Waals surface area contributed by atoms with Crippen LogP contribution >= 0.6 is 11.8 Å². The van der Waals surface area contributed by atoms with Crippen LogP contribution in [-0.2, 0) is 11.8 Å². The number of hydrogen-bond donors (Lipinski definition) is 1. The quantitative estimate of drug-likeness (QED) is 0.317. The number of thioether (sulfide) groups is 1. The minimum atomic E-state index is -0.201. The Morgan fingerprint density at radius 3 is 2.60 bits per heavy atom. The van der Waals surface area contributed by atoms with Gasteiger partial charge in [0.1, 0.15) is 24.2 Å². The number of carbonyl (C=O) groups excluding carboxylic acids is 1. The standard InChI is InChI=1S/C26H26N4O4S/c1-16(2)30-25(32)24-23(19(14-29(24)3)17-7-5-4-6-8-17)28-26(30)35-15-22(31)27-18-9-10-20-21(13-18)34-12-11-33-20/h4-10,13-14,16H,11-12,15H2,1-3H3,(H,27,31). The summed E-state index contributed by atoms with van der Waals surface area (Å²) in [5.41, 5.74) is 3.56. The number of hydrogen-bond acceptors (Lipinski definition) is 6. The van der Waals surface area contributed by atoms with Crippen molar-refractivity contribution in [2.45, 2.75) is 25.0 Å². The number of anilines is 1. The maximum atomic E-state index is 13.5. The van der Waals surface area contributed by atoms with Crippen LogP contribution in [0.4, 0.5) is 5.69 Å².